The van der Waals surface area contributed by atoms with E-state index < -0.39 is 11.9 Å². The second-order valence-electron chi connectivity index (χ2n) is 5.44. The molecule has 108 valence electrons. The summed E-state index contributed by atoms with van der Waals surface area (Å²) in [6, 6.07) is 0.457. The third-order valence-corrected chi connectivity index (χ3v) is 4.27. The van der Waals surface area contributed by atoms with Gasteiger partial charge in [0.05, 0.1) is 5.92 Å². The Morgan fingerprint density at radius 1 is 1.37 bits per heavy atom. The molecule has 2 rings (SSSR count). The van der Waals surface area contributed by atoms with Gasteiger partial charge in [0, 0.05) is 25.2 Å². The van der Waals surface area contributed by atoms with Crippen molar-refractivity contribution in [2.45, 2.75) is 44.7 Å². The second kappa shape index (κ2) is 6.23. The van der Waals surface area contributed by atoms with Gasteiger partial charge in [0.1, 0.15) is 0 Å². The number of hydrogen-bond acceptors (Lipinski definition) is 3. The summed E-state index contributed by atoms with van der Waals surface area (Å²) in [4.78, 5) is 25.1. The summed E-state index contributed by atoms with van der Waals surface area (Å²) in [6.45, 7) is 4.20. The van der Waals surface area contributed by atoms with E-state index in [4.69, 9.17) is 5.11 Å². The van der Waals surface area contributed by atoms with Gasteiger partial charge in [-0.15, -0.1) is 0 Å². The minimum Gasteiger partial charge on any atom is -0.481 e. The summed E-state index contributed by atoms with van der Waals surface area (Å²) < 4.78 is 0. The normalized spacial score (nSPS) is 27.8. The summed E-state index contributed by atoms with van der Waals surface area (Å²) in [5.74, 6) is -1.36. The molecule has 6 nitrogen and oxygen atoms in total. The van der Waals surface area contributed by atoms with E-state index in [-0.39, 0.29) is 18.6 Å². The van der Waals surface area contributed by atoms with Crippen LogP contribution in [0.25, 0.3) is 0 Å². The van der Waals surface area contributed by atoms with Crippen molar-refractivity contribution in [1.82, 2.24) is 15.5 Å². The van der Waals surface area contributed by atoms with Crippen LogP contribution in [0, 0.1) is 5.92 Å². The van der Waals surface area contributed by atoms with Crippen molar-refractivity contribution >= 4 is 12.0 Å². The number of carboxylic acid groups (broad SMARTS) is 1. The van der Waals surface area contributed by atoms with E-state index in [9.17, 15) is 9.59 Å². The zero-order valence-electron chi connectivity index (χ0n) is 11.4. The number of hydrogen-bond donors (Lipinski definition) is 3. The molecule has 0 saturated carbocycles. The molecular formula is C13H23N3O3. The summed E-state index contributed by atoms with van der Waals surface area (Å²) in [5, 5.41) is 14.6. The lowest BCUT2D eigenvalue weighted by molar-refractivity contribution is -0.141. The van der Waals surface area contributed by atoms with Gasteiger partial charge < -0.3 is 15.7 Å². The SMILES string of the molecule is CCC(CNC(=O)NC1CCN2CCCC12)C(=O)O. The van der Waals surface area contributed by atoms with Gasteiger partial charge in [-0.25, -0.2) is 4.79 Å². The molecule has 0 aromatic rings. The van der Waals surface area contributed by atoms with Crippen LogP contribution in [-0.4, -0.2) is 53.7 Å². The molecule has 3 unspecified atom stereocenters. The predicted molar refractivity (Wildman–Crippen MR) is 71.0 cm³/mol. The van der Waals surface area contributed by atoms with Crippen molar-refractivity contribution in [2.24, 2.45) is 5.92 Å². The maximum absolute atomic E-state index is 11.8. The molecule has 0 spiro atoms. The molecule has 0 aromatic carbocycles. The van der Waals surface area contributed by atoms with Crippen LogP contribution in [0.2, 0.25) is 0 Å². The van der Waals surface area contributed by atoms with Crippen LogP contribution in [0.4, 0.5) is 4.79 Å². The number of urea groups is 1. The zero-order valence-corrected chi connectivity index (χ0v) is 11.4. The molecule has 0 aromatic heterocycles. The van der Waals surface area contributed by atoms with E-state index in [0.29, 0.717) is 12.5 Å². The summed E-state index contributed by atoms with van der Waals surface area (Å²) in [5.41, 5.74) is 0. The summed E-state index contributed by atoms with van der Waals surface area (Å²) in [7, 11) is 0. The Morgan fingerprint density at radius 3 is 2.84 bits per heavy atom. The van der Waals surface area contributed by atoms with E-state index in [0.717, 1.165) is 25.9 Å². The molecule has 0 radical (unpaired) electrons. The first kappa shape index (κ1) is 14.1. The zero-order chi connectivity index (χ0) is 13.8. The fraction of sp³-hybridized carbons (Fsp3) is 0.846. The van der Waals surface area contributed by atoms with Crippen molar-refractivity contribution < 1.29 is 14.7 Å². The van der Waals surface area contributed by atoms with E-state index in [1.807, 2.05) is 6.92 Å². The van der Waals surface area contributed by atoms with Crippen molar-refractivity contribution in [3.63, 3.8) is 0 Å². The topological polar surface area (TPSA) is 81.7 Å². The third kappa shape index (κ3) is 3.37. The highest BCUT2D eigenvalue weighted by molar-refractivity contribution is 5.76. The summed E-state index contributed by atoms with van der Waals surface area (Å²) >= 11 is 0. The van der Waals surface area contributed by atoms with Gasteiger partial charge in [0.15, 0.2) is 0 Å². The fourth-order valence-corrected chi connectivity index (χ4v) is 3.09. The van der Waals surface area contributed by atoms with Crippen LogP contribution in [0.3, 0.4) is 0 Å². The van der Waals surface area contributed by atoms with Crippen LogP contribution in [-0.2, 0) is 4.79 Å². The smallest absolute Gasteiger partial charge is 0.315 e. The largest absolute Gasteiger partial charge is 0.481 e. The lowest BCUT2D eigenvalue weighted by atomic mass is 10.1. The Kier molecular flexibility index (Phi) is 4.63. The number of nitrogens with zero attached hydrogens (tertiary/aromatic N) is 1. The van der Waals surface area contributed by atoms with Gasteiger partial charge in [0.2, 0.25) is 0 Å². The molecule has 2 aliphatic heterocycles. The van der Waals surface area contributed by atoms with Crippen molar-refractivity contribution in [3.8, 4) is 0 Å². The van der Waals surface area contributed by atoms with E-state index in [1.165, 1.54) is 6.42 Å². The number of carbonyl (C=O) groups excluding carboxylic acids is 1. The monoisotopic (exact) mass is 269 g/mol. The minimum absolute atomic E-state index is 0.193. The van der Waals surface area contributed by atoms with Crippen LogP contribution >= 0.6 is 0 Å². The molecule has 6 heteroatoms. The van der Waals surface area contributed by atoms with E-state index in [2.05, 4.69) is 15.5 Å². The summed E-state index contributed by atoms with van der Waals surface area (Å²) in [6.07, 6.45) is 3.88. The van der Waals surface area contributed by atoms with Crippen molar-refractivity contribution in [1.29, 1.82) is 0 Å². The number of fused-ring (bicyclic) bond motifs is 1. The van der Waals surface area contributed by atoms with E-state index in [1.54, 1.807) is 0 Å². The number of carbonyl (C=O) groups is 2. The highest BCUT2D eigenvalue weighted by Gasteiger charge is 2.37. The molecule has 0 bridgehead atoms. The molecular weight excluding hydrogens is 246 g/mol. The molecule has 0 aliphatic carbocycles. The molecule has 19 heavy (non-hydrogen) atoms. The van der Waals surface area contributed by atoms with Crippen LogP contribution in [0.15, 0.2) is 0 Å². The first-order chi connectivity index (χ1) is 9.11. The fourth-order valence-electron chi connectivity index (χ4n) is 3.09. The number of rotatable bonds is 5. The molecule has 2 saturated heterocycles. The lowest BCUT2D eigenvalue weighted by Gasteiger charge is -2.21. The standard InChI is InChI=1S/C13H23N3O3/c1-2-9(12(17)18)8-14-13(19)15-10-5-7-16-6-3-4-11(10)16/h9-11H,2-8H2,1H3,(H,17,18)(H2,14,15,19). The van der Waals surface area contributed by atoms with Gasteiger partial charge in [-0.3, -0.25) is 9.69 Å². The van der Waals surface area contributed by atoms with Crippen LogP contribution < -0.4 is 10.6 Å². The van der Waals surface area contributed by atoms with E-state index >= 15 is 0 Å². The Labute approximate surface area is 113 Å². The maximum atomic E-state index is 11.8. The Balaban J connectivity index is 1.74. The molecule has 2 aliphatic rings. The third-order valence-electron chi connectivity index (χ3n) is 4.27. The molecule has 3 N–H and O–H groups in total. The highest BCUT2D eigenvalue weighted by atomic mass is 16.4. The van der Waals surface area contributed by atoms with Gasteiger partial charge >= 0.3 is 12.0 Å². The van der Waals surface area contributed by atoms with Gasteiger partial charge in [-0.1, -0.05) is 6.92 Å². The van der Waals surface area contributed by atoms with Gasteiger partial charge in [-0.2, -0.15) is 0 Å². The number of aliphatic carboxylic acids is 1. The minimum atomic E-state index is -0.856. The number of amides is 2. The molecule has 3 atom stereocenters. The Bertz CT molecular complexity index is 348. The number of carboxylic acids is 1. The second-order valence-corrected chi connectivity index (χ2v) is 5.44. The van der Waals surface area contributed by atoms with Crippen molar-refractivity contribution in [2.75, 3.05) is 19.6 Å². The first-order valence-corrected chi connectivity index (χ1v) is 7.13. The van der Waals surface area contributed by atoms with Gasteiger partial charge in [-0.05, 0) is 32.2 Å². The molecule has 2 heterocycles. The average Bonchev–Trinajstić information content (AvgIpc) is 2.94. The average molecular weight is 269 g/mol. The Hall–Kier alpha value is -1.30. The predicted octanol–water partition coefficient (Wildman–Crippen LogP) is 0.633. The number of nitrogens with one attached hydrogen (secondary N) is 2. The quantitative estimate of drug-likeness (QED) is 0.684. The van der Waals surface area contributed by atoms with Crippen LogP contribution in [0.1, 0.15) is 32.6 Å². The highest BCUT2D eigenvalue weighted by Crippen LogP contribution is 2.27. The Morgan fingerprint density at radius 2 is 2.16 bits per heavy atom. The maximum Gasteiger partial charge on any atom is 0.315 e. The molecule has 2 amide bonds. The van der Waals surface area contributed by atoms with Crippen LogP contribution in [0.5, 0.6) is 0 Å². The molecule has 2 fully saturated rings. The first-order valence-electron chi connectivity index (χ1n) is 7.13. The van der Waals surface area contributed by atoms with Gasteiger partial charge in [0.25, 0.3) is 0 Å². The lowest BCUT2D eigenvalue weighted by Crippen LogP contribution is -2.48. The van der Waals surface area contributed by atoms with Crippen molar-refractivity contribution in [3.05, 3.63) is 0 Å².